The Kier molecular flexibility index (Phi) is 6.06. The molecule has 2 nitrogen and oxygen atoms in total. The summed E-state index contributed by atoms with van der Waals surface area (Å²) in [6, 6.07) is 8.72. The minimum atomic E-state index is 0.369. The lowest BCUT2D eigenvalue weighted by Crippen LogP contribution is -2.23. The van der Waals surface area contributed by atoms with E-state index in [2.05, 4.69) is 44.3 Å². The lowest BCUT2D eigenvalue weighted by atomic mass is 9.92. The highest BCUT2D eigenvalue weighted by Gasteiger charge is 2.19. The number of para-hydroxylation sites is 1. The molecule has 0 spiro atoms. The molecule has 17 heavy (non-hydrogen) atoms. The van der Waals surface area contributed by atoms with Crippen molar-refractivity contribution < 1.29 is 4.74 Å². The molecule has 1 aromatic rings. The molecule has 2 heteroatoms. The fourth-order valence-electron chi connectivity index (χ4n) is 2.06. The predicted octanol–water partition coefficient (Wildman–Crippen LogP) is 3.78. The van der Waals surface area contributed by atoms with Crippen LogP contribution >= 0.6 is 0 Å². The Bertz CT molecular complexity index is 324. The minimum absolute atomic E-state index is 0.369. The van der Waals surface area contributed by atoms with E-state index in [9.17, 15) is 0 Å². The molecule has 0 saturated carbocycles. The fraction of sp³-hybridized carbons (Fsp3) is 0.600. The third kappa shape index (κ3) is 3.74. The smallest absolute Gasteiger partial charge is 0.124 e. The van der Waals surface area contributed by atoms with Crippen LogP contribution in [-0.4, -0.2) is 13.7 Å². The van der Waals surface area contributed by atoms with Crippen LogP contribution in [0, 0.1) is 5.92 Å². The summed E-state index contributed by atoms with van der Waals surface area (Å²) in [6.07, 6.45) is 2.20. The predicted molar refractivity (Wildman–Crippen MR) is 73.5 cm³/mol. The molecule has 0 aliphatic carbocycles. The van der Waals surface area contributed by atoms with Crippen molar-refractivity contribution in [3.05, 3.63) is 29.8 Å². The van der Waals surface area contributed by atoms with E-state index in [0.717, 1.165) is 25.2 Å². The summed E-state index contributed by atoms with van der Waals surface area (Å²) < 4.78 is 5.82. The first-order chi connectivity index (χ1) is 8.24. The third-order valence-electron chi connectivity index (χ3n) is 3.24. The van der Waals surface area contributed by atoms with Crippen molar-refractivity contribution in [2.24, 2.45) is 5.92 Å². The van der Waals surface area contributed by atoms with Crippen LogP contribution < -0.4 is 10.1 Å². The van der Waals surface area contributed by atoms with Gasteiger partial charge < -0.3 is 10.1 Å². The Morgan fingerprint density at radius 1 is 1.24 bits per heavy atom. The van der Waals surface area contributed by atoms with Gasteiger partial charge in [0, 0.05) is 11.6 Å². The molecule has 1 aromatic carbocycles. The van der Waals surface area contributed by atoms with E-state index >= 15 is 0 Å². The molecule has 0 saturated heterocycles. The van der Waals surface area contributed by atoms with Gasteiger partial charge >= 0.3 is 0 Å². The normalized spacial score (nSPS) is 14.4. The largest absolute Gasteiger partial charge is 0.493 e. The van der Waals surface area contributed by atoms with Crippen LogP contribution in [0.2, 0.25) is 0 Å². The molecule has 96 valence electrons. The molecule has 0 heterocycles. The highest BCUT2D eigenvalue weighted by Crippen LogP contribution is 2.31. The molecule has 0 radical (unpaired) electrons. The highest BCUT2D eigenvalue weighted by atomic mass is 16.5. The molecule has 0 aliphatic rings. The topological polar surface area (TPSA) is 21.3 Å². The Labute approximate surface area is 105 Å². The first-order valence-electron chi connectivity index (χ1n) is 6.63. The molecule has 0 aromatic heterocycles. The van der Waals surface area contributed by atoms with E-state index in [1.54, 1.807) is 0 Å². The molecular formula is C15H25NO. The molecule has 2 atom stereocenters. The molecule has 0 aliphatic heterocycles. The van der Waals surface area contributed by atoms with Gasteiger partial charge in [-0.25, -0.2) is 0 Å². The molecule has 2 unspecified atom stereocenters. The standard InChI is InChI=1S/C15H25NO/c1-5-11-17-14-10-8-7-9-13(14)15(16-4)12(3)6-2/h7-10,12,15-16H,5-6,11H2,1-4H3. The zero-order valence-corrected chi connectivity index (χ0v) is 11.5. The van der Waals surface area contributed by atoms with Crippen molar-refractivity contribution >= 4 is 0 Å². The fourth-order valence-corrected chi connectivity index (χ4v) is 2.06. The maximum atomic E-state index is 5.82. The molecular weight excluding hydrogens is 210 g/mol. The zero-order chi connectivity index (χ0) is 12.7. The van der Waals surface area contributed by atoms with E-state index < -0.39 is 0 Å². The van der Waals surface area contributed by atoms with Gasteiger partial charge in [0.1, 0.15) is 5.75 Å². The van der Waals surface area contributed by atoms with Crippen LogP contribution in [0.1, 0.15) is 45.2 Å². The van der Waals surface area contributed by atoms with Gasteiger partial charge in [-0.2, -0.15) is 0 Å². The van der Waals surface area contributed by atoms with Crippen LogP contribution in [0.3, 0.4) is 0 Å². The molecule has 0 bridgehead atoms. The second-order valence-electron chi connectivity index (χ2n) is 4.54. The highest BCUT2D eigenvalue weighted by molar-refractivity contribution is 5.36. The van der Waals surface area contributed by atoms with Crippen LogP contribution in [0.25, 0.3) is 0 Å². The van der Waals surface area contributed by atoms with Crippen LogP contribution in [-0.2, 0) is 0 Å². The number of benzene rings is 1. The number of hydrogen-bond acceptors (Lipinski definition) is 2. The van der Waals surface area contributed by atoms with Crippen molar-refractivity contribution in [2.75, 3.05) is 13.7 Å². The maximum absolute atomic E-state index is 5.82. The average molecular weight is 235 g/mol. The van der Waals surface area contributed by atoms with Gasteiger partial charge in [-0.05, 0) is 25.5 Å². The molecule has 1 rings (SSSR count). The number of nitrogens with one attached hydrogen (secondary N) is 1. The number of hydrogen-bond donors (Lipinski definition) is 1. The summed E-state index contributed by atoms with van der Waals surface area (Å²) in [7, 11) is 2.02. The molecule has 0 amide bonds. The quantitative estimate of drug-likeness (QED) is 0.776. The van der Waals surface area contributed by atoms with E-state index in [4.69, 9.17) is 4.74 Å². The number of ether oxygens (including phenoxy) is 1. The summed E-state index contributed by atoms with van der Waals surface area (Å²) >= 11 is 0. The van der Waals surface area contributed by atoms with Crippen molar-refractivity contribution in [3.8, 4) is 5.75 Å². The number of rotatable bonds is 7. The van der Waals surface area contributed by atoms with E-state index in [0.29, 0.717) is 12.0 Å². The first-order valence-corrected chi connectivity index (χ1v) is 6.63. The summed E-state index contributed by atoms with van der Waals surface area (Å²) in [5.74, 6) is 1.63. The lowest BCUT2D eigenvalue weighted by molar-refractivity contribution is 0.302. The SMILES string of the molecule is CCCOc1ccccc1C(NC)C(C)CC. The Morgan fingerprint density at radius 3 is 2.53 bits per heavy atom. The van der Waals surface area contributed by atoms with Crippen molar-refractivity contribution in [1.29, 1.82) is 0 Å². The minimum Gasteiger partial charge on any atom is -0.493 e. The third-order valence-corrected chi connectivity index (χ3v) is 3.24. The summed E-state index contributed by atoms with van der Waals surface area (Å²) in [4.78, 5) is 0. The Morgan fingerprint density at radius 2 is 1.94 bits per heavy atom. The van der Waals surface area contributed by atoms with E-state index in [1.807, 2.05) is 13.1 Å². The maximum Gasteiger partial charge on any atom is 0.124 e. The van der Waals surface area contributed by atoms with E-state index in [1.165, 1.54) is 5.56 Å². The van der Waals surface area contributed by atoms with Gasteiger partial charge in [0.15, 0.2) is 0 Å². The van der Waals surface area contributed by atoms with Crippen molar-refractivity contribution in [3.63, 3.8) is 0 Å². The van der Waals surface area contributed by atoms with Crippen LogP contribution in [0.15, 0.2) is 24.3 Å². The molecule has 1 N–H and O–H groups in total. The van der Waals surface area contributed by atoms with Crippen LogP contribution in [0.4, 0.5) is 0 Å². The van der Waals surface area contributed by atoms with Crippen molar-refractivity contribution in [1.82, 2.24) is 5.32 Å². The van der Waals surface area contributed by atoms with Gasteiger partial charge in [-0.1, -0.05) is 45.4 Å². The Balaban J connectivity index is 2.93. The first kappa shape index (κ1) is 14.0. The van der Waals surface area contributed by atoms with Crippen molar-refractivity contribution in [2.45, 2.75) is 39.7 Å². The average Bonchev–Trinajstić information content (AvgIpc) is 2.38. The van der Waals surface area contributed by atoms with Gasteiger partial charge in [-0.15, -0.1) is 0 Å². The van der Waals surface area contributed by atoms with Gasteiger partial charge in [0.2, 0.25) is 0 Å². The molecule has 0 fully saturated rings. The zero-order valence-electron chi connectivity index (χ0n) is 11.5. The summed E-state index contributed by atoms with van der Waals surface area (Å²) in [5, 5.41) is 3.41. The summed E-state index contributed by atoms with van der Waals surface area (Å²) in [6.45, 7) is 7.42. The Hall–Kier alpha value is -1.02. The lowest BCUT2D eigenvalue weighted by Gasteiger charge is -2.25. The van der Waals surface area contributed by atoms with E-state index in [-0.39, 0.29) is 0 Å². The van der Waals surface area contributed by atoms with Crippen LogP contribution in [0.5, 0.6) is 5.75 Å². The monoisotopic (exact) mass is 235 g/mol. The van der Waals surface area contributed by atoms with Gasteiger partial charge in [-0.3, -0.25) is 0 Å². The van der Waals surface area contributed by atoms with Gasteiger partial charge in [0.05, 0.1) is 6.61 Å². The van der Waals surface area contributed by atoms with Gasteiger partial charge in [0.25, 0.3) is 0 Å². The summed E-state index contributed by atoms with van der Waals surface area (Å²) in [5.41, 5.74) is 1.28. The second-order valence-corrected chi connectivity index (χ2v) is 4.54. The second kappa shape index (κ2) is 7.33.